The van der Waals surface area contributed by atoms with E-state index < -0.39 is 17.8 Å². The smallest absolute Gasteiger partial charge is 0.407 e. The molecule has 0 aliphatic rings. The van der Waals surface area contributed by atoms with Crippen molar-refractivity contribution >= 4 is 6.09 Å². The summed E-state index contributed by atoms with van der Waals surface area (Å²) in [6.45, 7) is 7.53. The summed E-state index contributed by atoms with van der Waals surface area (Å²) >= 11 is 0. The van der Waals surface area contributed by atoms with E-state index in [-0.39, 0.29) is 0 Å². The molecule has 4 nitrogen and oxygen atoms in total. The third kappa shape index (κ3) is 9.14. The van der Waals surface area contributed by atoms with Crippen molar-refractivity contribution < 1.29 is 14.6 Å². The van der Waals surface area contributed by atoms with Crippen molar-refractivity contribution in [3.8, 4) is 0 Å². The first-order chi connectivity index (χ1) is 5.81. The number of carbonyl (C=O) groups excluding carboxylic acids is 1. The monoisotopic (exact) mass is 189 g/mol. The molecule has 4 heteroatoms. The zero-order chi connectivity index (χ0) is 10.5. The minimum atomic E-state index is -0.463. The van der Waals surface area contributed by atoms with Crippen LogP contribution in [-0.4, -0.2) is 29.4 Å². The van der Waals surface area contributed by atoms with Crippen LogP contribution in [0.4, 0.5) is 4.79 Å². The van der Waals surface area contributed by atoms with Gasteiger partial charge < -0.3 is 15.2 Å². The molecule has 0 bridgehead atoms. The van der Waals surface area contributed by atoms with Crippen molar-refractivity contribution in [3.05, 3.63) is 0 Å². The Bertz CT molecular complexity index is 161. The molecule has 78 valence electrons. The maximum absolute atomic E-state index is 11.0. The summed E-state index contributed by atoms with van der Waals surface area (Å²) in [6, 6.07) is 0. The summed E-state index contributed by atoms with van der Waals surface area (Å²) in [5.41, 5.74) is -0.463. The number of ether oxygens (including phenoxy) is 1. The van der Waals surface area contributed by atoms with Gasteiger partial charge in [0.05, 0.1) is 6.10 Å². The van der Waals surface area contributed by atoms with E-state index in [9.17, 15) is 4.79 Å². The van der Waals surface area contributed by atoms with Crippen LogP contribution in [0.5, 0.6) is 0 Å². The molecule has 0 aromatic heterocycles. The summed E-state index contributed by atoms with van der Waals surface area (Å²) in [5.74, 6) is 0. The van der Waals surface area contributed by atoms with Crippen molar-refractivity contribution in [2.24, 2.45) is 0 Å². The average molecular weight is 189 g/mol. The Balaban J connectivity index is 3.53. The van der Waals surface area contributed by atoms with Gasteiger partial charge in [-0.05, 0) is 34.1 Å². The van der Waals surface area contributed by atoms with Gasteiger partial charge in [0.1, 0.15) is 5.60 Å². The van der Waals surface area contributed by atoms with Crippen LogP contribution in [0.25, 0.3) is 0 Å². The van der Waals surface area contributed by atoms with E-state index in [1.165, 1.54) is 0 Å². The average Bonchev–Trinajstić information content (AvgIpc) is 1.81. The second-order valence-electron chi connectivity index (χ2n) is 4.07. The molecule has 0 fully saturated rings. The summed E-state index contributed by atoms with van der Waals surface area (Å²) in [7, 11) is 0. The number of hydrogen-bond donors (Lipinski definition) is 2. The minimum Gasteiger partial charge on any atom is -0.444 e. The molecule has 13 heavy (non-hydrogen) atoms. The van der Waals surface area contributed by atoms with Crippen molar-refractivity contribution in [3.63, 3.8) is 0 Å². The van der Waals surface area contributed by atoms with E-state index in [1.807, 2.05) is 0 Å². The predicted octanol–water partition coefficient (Wildman–Crippen LogP) is 1.28. The Labute approximate surface area is 79.3 Å². The second kappa shape index (κ2) is 5.07. The first-order valence-electron chi connectivity index (χ1n) is 4.46. The van der Waals surface area contributed by atoms with E-state index in [2.05, 4.69) is 5.32 Å². The van der Waals surface area contributed by atoms with Crippen LogP contribution in [0.3, 0.4) is 0 Å². The van der Waals surface area contributed by atoms with Gasteiger partial charge in [-0.15, -0.1) is 0 Å². The lowest BCUT2D eigenvalue weighted by Crippen LogP contribution is -2.33. The van der Waals surface area contributed by atoms with Gasteiger partial charge in [0.15, 0.2) is 0 Å². The first kappa shape index (κ1) is 12.2. The fourth-order valence-electron chi connectivity index (χ4n) is 0.697. The quantitative estimate of drug-likeness (QED) is 0.703. The highest BCUT2D eigenvalue weighted by molar-refractivity contribution is 5.67. The number of hydrogen-bond acceptors (Lipinski definition) is 3. The van der Waals surface area contributed by atoms with Crippen LogP contribution in [0.1, 0.15) is 34.1 Å². The van der Waals surface area contributed by atoms with Crippen LogP contribution in [0, 0.1) is 0 Å². The van der Waals surface area contributed by atoms with E-state index in [0.717, 1.165) is 0 Å². The van der Waals surface area contributed by atoms with Gasteiger partial charge >= 0.3 is 6.09 Å². The Morgan fingerprint density at radius 2 is 2.08 bits per heavy atom. The fraction of sp³-hybridized carbons (Fsp3) is 0.889. The number of carbonyl (C=O) groups is 1. The predicted molar refractivity (Wildman–Crippen MR) is 50.5 cm³/mol. The molecule has 0 heterocycles. The van der Waals surface area contributed by atoms with Crippen molar-refractivity contribution in [2.75, 3.05) is 6.54 Å². The topological polar surface area (TPSA) is 58.6 Å². The summed E-state index contributed by atoms with van der Waals surface area (Å²) in [5, 5.41) is 11.5. The molecule has 1 amide bonds. The third-order valence-electron chi connectivity index (χ3n) is 1.23. The summed E-state index contributed by atoms with van der Waals surface area (Å²) < 4.78 is 4.99. The van der Waals surface area contributed by atoms with E-state index >= 15 is 0 Å². The van der Waals surface area contributed by atoms with Gasteiger partial charge in [-0.25, -0.2) is 4.79 Å². The second-order valence-corrected chi connectivity index (χ2v) is 4.07. The van der Waals surface area contributed by atoms with Gasteiger partial charge in [0.2, 0.25) is 0 Å². The highest BCUT2D eigenvalue weighted by Gasteiger charge is 2.15. The van der Waals surface area contributed by atoms with Crippen LogP contribution in [0.2, 0.25) is 0 Å². The van der Waals surface area contributed by atoms with E-state index in [0.29, 0.717) is 13.0 Å². The number of amides is 1. The molecule has 0 saturated carbocycles. The molecule has 0 unspecified atom stereocenters. The van der Waals surface area contributed by atoms with Gasteiger partial charge in [-0.2, -0.15) is 0 Å². The Kier molecular flexibility index (Phi) is 4.77. The lowest BCUT2D eigenvalue weighted by atomic mass is 10.2. The van der Waals surface area contributed by atoms with Gasteiger partial charge in [-0.1, -0.05) is 0 Å². The zero-order valence-corrected chi connectivity index (χ0v) is 8.76. The van der Waals surface area contributed by atoms with Gasteiger partial charge in [0, 0.05) is 6.54 Å². The van der Waals surface area contributed by atoms with E-state index in [4.69, 9.17) is 9.84 Å². The van der Waals surface area contributed by atoms with Crippen LogP contribution < -0.4 is 5.32 Å². The highest BCUT2D eigenvalue weighted by atomic mass is 16.6. The largest absolute Gasteiger partial charge is 0.444 e. The van der Waals surface area contributed by atoms with Crippen LogP contribution >= 0.6 is 0 Å². The molecular weight excluding hydrogens is 170 g/mol. The molecule has 0 aliphatic carbocycles. The molecule has 0 aromatic rings. The van der Waals surface area contributed by atoms with E-state index in [1.54, 1.807) is 27.7 Å². The summed E-state index contributed by atoms with van der Waals surface area (Å²) in [6.07, 6.45) is -0.290. The normalized spacial score (nSPS) is 13.6. The summed E-state index contributed by atoms with van der Waals surface area (Å²) in [4.78, 5) is 11.0. The molecule has 0 aromatic carbocycles. The lowest BCUT2D eigenvalue weighted by Gasteiger charge is -2.19. The molecule has 0 aliphatic heterocycles. The number of aliphatic hydroxyl groups is 1. The molecular formula is C9H19NO3. The standard InChI is InChI=1S/C9H19NO3/c1-7(11)5-6-10-8(12)13-9(2,3)4/h7,11H,5-6H2,1-4H3,(H,10,12)/t7-/m0/s1. The number of rotatable bonds is 3. The number of nitrogens with one attached hydrogen (secondary N) is 1. The van der Waals surface area contributed by atoms with Crippen molar-refractivity contribution in [2.45, 2.75) is 45.8 Å². The Morgan fingerprint density at radius 1 is 1.54 bits per heavy atom. The van der Waals surface area contributed by atoms with Crippen LogP contribution in [0.15, 0.2) is 0 Å². The molecule has 0 spiro atoms. The zero-order valence-electron chi connectivity index (χ0n) is 8.76. The third-order valence-corrected chi connectivity index (χ3v) is 1.23. The first-order valence-corrected chi connectivity index (χ1v) is 4.46. The lowest BCUT2D eigenvalue weighted by molar-refractivity contribution is 0.0520. The van der Waals surface area contributed by atoms with Crippen molar-refractivity contribution in [1.82, 2.24) is 5.32 Å². The maximum Gasteiger partial charge on any atom is 0.407 e. The maximum atomic E-state index is 11.0. The minimum absolute atomic E-state index is 0.394. The molecule has 0 radical (unpaired) electrons. The molecule has 2 N–H and O–H groups in total. The number of aliphatic hydroxyl groups excluding tert-OH is 1. The molecule has 0 rings (SSSR count). The van der Waals surface area contributed by atoms with Gasteiger partial charge in [0.25, 0.3) is 0 Å². The van der Waals surface area contributed by atoms with Crippen LogP contribution in [-0.2, 0) is 4.74 Å². The van der Waals surface area contributed by atoms with Crippen molar-refractivity contribution in [1.29, 1.82) is 0 Å². The molecule has 1 atom stereocenters. The highest BCUT2D eigenvalue weighted by Crippen LogP contribution is 2.06. The molecule has 0 saturated heterocycles. The Hall–Kier alpha value is -0.770. The SMILES string of the molecule is C[C@H](O)CCNC(=O)OC(C)(C)C. The van der Waals surface area contributed by atoms with Gasteiger partial charge in [-0.3, -0.25) is 0 Å². The number of alkyl carbamates (subject to hydrolysis) is 1. The Morgan fingerprint density at radius 3 is 2.46 bits per heavy atom. The fourth-order valence-corrected chi connectivity index (χ4v) is 0.697.